The zero-order valence-electron chi connectivity index (χ0n) is 39.0. The number of carbonyl (C=O) groups excluding carboxylic acids is 4. The third-order valence-electron chi connectivity index (χ3n) is 12.8. The number of imide groups is 2. The third kappa shape index (κ3) is 8.95. The van der Waals surface area contributed by atoms with Crippen LogP contribution in [0.2, 0.25) is 0 Å². The maximum Gasteiger partial charge on any atom is 2.00 e. The first-order chi connectivity index (χ1) is 34.6. The summed E-state index contributed by atoms with van der Waals surface area (Å²) in [6.45, 7) is -0.229. The van der Waals surface area contributed by atoms with E-state index < -0.39 is 53.7 Å². The number of nitrogens with zero attached hydrogens (tertiary/aromatic N) is 10. The predicted octanol–water partition coefficient (Wildman–Crippen LogP) is -0.466. The fraction of sp³-hybridized carbons (Fsp3) is 0.0400. The maximum absolute atomic E-state index is 13.5. The van der Waals surface area contributed by atoms with Crippen LogP contribution in [0.1, 0.15) is 52.6 Å². The van der Waals surface area contributed by atoms with Crippen LogP contribution >= 0.6 is 0 Å². The minimum Gasteiger partial charge on any atom is -0.744 e. The van der Waals surface area contributed by atoms with E-state index in [1.807, 2.05) is 0 Å². The minimum absolute atomic E-state index is 0. The molecule has 0 N–H and O–H groups in total. The fourth-order valence-corrected chi connectivity index (χ4v) is 10.3. The smallest absolute Gasteiger partial charge is 0.744 e. The van der Waals surface area contributed by atoms with Gasteiger partial charge in [-0.05, 0) is 93.3 Å². The second-order valence-corrected chi connectivity index (χ2v) is 19.8. The molecule has 0 saturated heterocycles. The van der Waals surface area contributed by atoms with Gasteiger partial charge in [0.2, 0.25) is 0 Å². The van der Waals surface area contributed by atoms with Crippen LogP contribution < -0.4 is 113 Å². The molecule has 75 heavy (non-hydrogen) atoms. The predicted molar refractivity (Wildman–Crippen MR) is 251 cm³/mol. The van der Waals surface area contributed by atoms with E-state index in [1.165, 1.54) is 12.1 Å². The zero-order chi connectivity index (χ0) is 49.5. The summed E-state index contributed by atoms with van der Waals surface area (Å²) in [6.07, 6.45) is 0. The average molecular weight is 1130 g/mol. The molecule has 13 rings (SSSR count). The van der Waals surface area contributed by atoms with E-state index in [4.69, 9.17) is 24.9 Å². The van der Waals surface area contributed by atoms with Crippen molar-refractivity contribution >= 4 is 88.0 Å². The third-order valence-corrected chi connectivity index (χ3v) is 14.4. The van der Waals surface area contributed by atoms with E-state index in [9.17, 15) is 45.1 Å². The van der Waals surface area contributed by atoms with Gasteiger partial charge < -0.3 is 39.0 Å². The molecule has 4 amide bonds. The number of carbonyl (C=O) groups is 4. The van der Waals surface area contributed by atoms with Crippen LogP contribution in [0, 0.1) is 0 Å². The molecule has 0 radical (unpaired) electrons. The Hall–Kier alpha value is -5.32. The molecule has 4 aliphatic heterocycles. The molecule has 350 valence electrons. The van der Waals surface area contributed by atoms with Crippen molar-refractivity contribution in [2.45, 2.75) is 22.9 Å². The van der Waals surface area contributed by atoms with Gasteiger partial charge in [0.25, 0.3) is 23.6 Å². The Kier molecular flexibility index (Phi) is 13.9. The quantitative estimate of drug-likeness (QED) is 0.116. The first kappa shape index (κ1) is 53.1. The van der Waals surface area contributed by atoms with E-state index in [2.05, 4.69) is 15.0 Å². The summed E-state index contributed by atoms with van der Waals surface area (Å²) in [5.41, 5.74) is 3.17. The van der Waals surface area contributed by atoms with Crippen LogP contribution in [-0.2, 0) is 52.8 Å². The molecule has 8 bridgehead atoms. The zero-order valence-corrected chi connectivity index (χ0v) is 49.9. The molecule has 25 heteroatoms. The van der Waals surface area contributed by atoms with Crippen molar-refractivity contribution < 1.29 is 167 Å². The SMILES string of the molecule is O=C1c2ccccc2C(=O)N1Cc1ccc2c(c1)-c1nc-2nc2[n-]c(nc3nc(nc4[n-]c(n1)c1cc(CN5C(=O)c6ccccc6C5=O)ccc41)-c1ccc(S(=O)(=O)[O-])cc1-3)c1cc(S(=O)(=O)[O-])ccc21.[K+].[K+].[Zn+2]. The number of fused-ring (bicyclic) bond motifs is 22. The largest absolute Gasteiger partial charge is 2.00 e. The van der Waals surface area contributed by atoms with Crippen molar-refractivity contribution in [3.8, 4) is 45.6 Å². The Morgan fingerprint density at radius 3 is 1.20 bits per heavy atom. The maximum atomic E-state index is 13.5. The number of hydrogen-bond donors (Lipinski definition) is 0. The van der Waals surface area contributed by atoms with E-state index in [0.717, 1.165) is 34.1 Å². The van der Waals surface area contributed by atoms with E-state index in [-0.39, 0.29) is 225 Å². The summed E-state index contributed by atoms with van der Waals surface area (Å²) >= 11 is 0. The normalized spacial score (nSPS) is 13.5. The van der Waals surface area contributed by atoms with E-state index >= 15 is 0 Å². The molecule has 6 aromatic carbocycles. The Bertz CT molecular complexity index is 4430. The Morgan fingerprint density at radius 2 is 0.733 bits per heavy atom. The second kappa shape index (κ2) is 19.6. The summed E-state index contributed by atoms with van der Waals surface area (Å²) in [5.74, 6) is -1.94. The van der Waals surface area contributed by atoms with Crippen LogP contribution in [0.4, 0.5) is 0 Å². The topological polar surface area (TPSA) is 295 Å². The Morgan fingerprint density at radius 1 is 0.387 bits per heavy atom. The standard InChI is InChI=1S/C50H28N10O10S2.2K.Zn/c61-47-31-5-1-2-6-32(31)48(62)59(47)21-23-9-13-27-35(17-23)43-53-39(27)51-41-29-15-11-25(71(65,66)67)19-37(29)45(55-41)58-46-38-20-26(72(68,69)70)12-16-30(38)42(56-46)52-40-28-14-10-24(18-36(28)44(54-40)57-43)22-60-49(63)33-7-3-4-8-34(33)50(60)64;;;/h1-20H,21-22H2,(H4,51,52,53,54,55,56,57,58,61,62,63,64,65,66,67,68,69,70);;;/q;2*+1;+2/p-4. The molecule has 0 aliphatic carbocycles. The first-order valence-electron chi connectivity index (χ1n) is 21.6. The monoisotopic (exact) mass is 1130 g/mol. The van der Waals surface area contributed by atoms with Gasteiger partial charge in [0.15, 0.2) is 0 Å². The van der Waals surface area contributed by atoms with Crippen molar-refractivity contribution in [3.63, 3.8) is 0 Å². The van der Waals surface area contributed by atoms with Gasteiger partial charge in [-0.2, -0.15) is 0 Å². The number of benzene rings is 6. The van der Waals surface area contributed by atoms with Crippen LogP contribution in [0.25, 0.3) is 89.7 Å². The van der Waals surface area contributed by atoms with Crippen molar-refractivity contribution in [1.29, 1.82) is 0 Å². The van der Waals surface area contributed by atoms with Crippen LogP contribution in [0.3, 0.4) is 0 Å². The number of aromatic nitrogens is 8. The first-order valence-corrected chi connectivity index (χ1v) is 24.5. The molecule has 4 aliphatic rings. The molecular formula is C50H24K2N10O10S2Zn. The molecule has 0 fully saturated rings. The van der Waals surface area contributed by atoms with E-state index in [0.29, 0.717) is 33.0 Å². The van der Waals surface area contributed by atoms with Gasteiger partial charge in [0, 0.05) is 44.8 Å². The van der Waals surface area contributed by atoms with Crippen molar-refractivity contribution in [2.24, 2.45) is 0 Å². The van der Waals surface area contributed by atoms with E-state index in [1.54, 1.807) is 84.9 Å². The Labute approximate surface area is 521 Å². The number of hydrogen-bond acceptors (Lipinski definition) is 16. The average Bonchev–Trinajstić information content (AvgIpc) is 4.18. The van der Waals surface area contributed by atoms with Crippen molar-refractivity contribution in [1.82, 2.24) is 49.7 Å². The Balaban J connectivity index is 0.00000214. The summed E-state index contributed by atoms with van der Waals surface area (Å²) in [5, 5.41) is 1.10. The summed E-state index contributed by atoms with van der Waals surface area (Å²) < 4.78 is 73.9. The number of rotatable bonds is 6. The second-order valence-electron chi connectivity index (χ2n) is 17.1. The molecule has 9 aromatic rings. The summed E-state index contributed by atoms with van der Waals surface area (Å²) in [7, 11) is -10.0. The molecule has 0 spiro atoms. The van der Waals surface area contributed by atoms with Crippen LogP contribution in [-0.4, -0.2) is 89.3 Å². The van der Waals surface area contributed by atoms with Crippen molar-refractivity contribution in [3.05, 3.63) is 155 Å². The molecule has 0 atom stereocenters. The summed E-state index contributed by atoms with van der Waals surface area (Å²) in [6, 6.07) is 30.2. The molecular weight excluding hydrogens is 1110 g/mol. The van der Waals surface area contributed by atoms with Crippen molar-refractivity contribution in [2.75, 3.05) is 0 Å². The van der Waals surface area contributed by atoms with Gasteiger partial charge in [0.05, 0.1) is 68.4 Å². The molecule has 7 heterocycles. The minimum atomic E-state index is -5.01. The van der Waals surface area contributed by atoms with Gasteiger partial charge in [-0.1, -0.05) is 60.7 Å². The van der Waals surface area contributed by atoms with Crippen LogP contribution in [0.15, 0.2) is 131 Å². The van der Waals surface area contributed by atoms with Crippen LogP contribution in [0.5, 0.6) is 0 Å². The number of amides is 4. The molecule has 3 aromatic heterocycles. The fourth-order valence-electron chi connectivity index (χ4n) is 9.35. The van der Waals surface area contributed by atoms with Gasteiger partial charge in [-0.3, -0.25) is 29.0 Å². The van der Waals surface area contributed by atoms with Gasteiger partial charge in [-0.25, -0.2) is 26.8 Å². The molecule has 20 nitrogen and oxygen atoms in total. The van der Waals surface area contributed by atoms with Gasteiger partial charge >= 0.3 is 122 Å². The summed E-state index contributed by atoms with van der Waals surface area (Å²) in [4.78, 5) is 93.3. The van der Waals surface area contributed by atoms with Gasteiger partial charge in [-0.15, -0.1) is 0 Å². The molecule has 0 saturated carbocycles. The molecule has 0 unspecified atom stereocenters. The van der Waals surface area contributed by atoms with Gasteiger partial charge in [0.1, 0.15) is 20.2 Å².